The molecule has 0 aromatic heterocycles. The van der Waals surface area contributed by atoms with Crippen molar-refractivity contribution in [2.24, 2.45) is 0 Å². The van der Waals surface area contributed by atoms with E-state index in [0.717, 1.165) is 0 Å². The molecule has 0 unspecified atom stereocenters. The summed E-state index contributed by atoms with van der Waals surface area (Å²) in [6.07, 6.45) is 1.56. The van der Waals surface area contributed by atoms with Gasteiger partial charge in [-0.2, -0.15) is 0 Å². The lowest BCUT2D eigenvalue weighted by Crippen LogP contribution is -1.86. The van der Waals surface area contributed by atoms with Gasteiger partial charge in [-0.05, 0) is 6.07 Å². The standard InChI is InChI=1S/C7HCl4O/c8-4-1-5(9)7(11)3(2-12)6(4)10/h1H. The molecule has 12 heavy (non-hydrogen) atoms. The van der Waals surface area contributed by atoms with E-state index in [4.69, 9.17) is 46.4 Å². The van der Waals surface area contributed by atoms with Gasteiger partial charge >= 0.3 is 0 Å². The van der Waals surface area contributed by atoms with Crippen LogP contribution in [-0.4, -0.2) is 6.29 Å². The lowest BCUT2D eigenvalue weighted by molar-refractivity contribution is 0.563. The highest BCUT2D eigenvalue weighted by Crippen LogP contribution is 2.35. The summed E-state index contributed by atoms with van der Waals surface area (Å²) < 4.78 is 0. The summed E-state index contributed by atoms with van der Waals surface area (Å²) in [5.41, 5.74) is -0.00386. The molecule has 1 aromatic rings. The summed E-state index contributed by atoms with van der Waals surface area (Å²) in [7, 11) is 0. The van der Waals surface area contributed by atoms with Gasteiger partial charge in [0.25, 0.3) is 0 Å². The first-order valence-electron chi connectivity index (χ1n) is 2.79. The van der Waals surface area contributed by atoms with Crippen LogP contribution in [0.3, 0.4) is 0 Å². The average molecular weight is 243 g/mol. The Morgan fingerprint density at radius 3 is 1.75 bits per heavy atom. The van der Waals surface area contributed by atoms with E-state index >= 15 is 0 Å². The second-order valence-electron chi connectivity index (χ2n) is 1.95. The second kappa shape index (κ2) is 3.84. The molecule has 1 aromatic carbocycles. The van der Waals surface area contributed by atoms with Gasteiger partial charge in [0.05, 0.1) is 25.7 Å². The van der Waals surface area contributed by atoms with E-state index in [-0.39, 0.29) is 25.7 Å². The first-order valence-corrected chi connectivity index (χ1v) is 4.30. The zero-order valence-corrected chi connectivity index (χ0v) is 8.52. The molecule has 0 aliphatic rings. The Morgan fingerprint density at radius 1 is 1.00 bits per heavy atom. The summed E-state index contributed by atoms with van der Waals surface area (Å²) in [6.45, 7) is 0. The van der Waals surface area contributed by atoms with Crippen molar-refractivity contribution < 1.29 is 4.79 Å². The molecule has 0 saturated carbocycles. The Labute approximate surface area is 89.2 Å². The fraction of sp³-hybridized carbons (Fsp3) is 0. The van der Waals surface area contributed by atoms with E-state index in [2.05, 4.69) is 0 Å². The Balaban J connectivity index is 3.52. The highest BCUT2D eigenvalue weighted by Gasteiger charge is 2.13. The van der Waals surface area contributed by atoms with Gasteiger partial charge in [-0.1, -0.05) is 46.4 Å². The molecule has 63 valence electrons. The summed E-state index contributed by atoms with van der Waals surface area (Å²) in [6, 6.07) is 1.37. The number of hydrogen-bond acceptors (Lipinski definition) is 1. The molecule has 1 radical (unpaired) electrons. The van der Waals surface area contributed by atoms with Crippen molar-refractivity contribution in [3.8, 4) is 0 Å². The molecule has 1 nitrogen and oxygen atoms in total. The average Bonchev–Trinajstić information content (AvgIpc) is 2.02. The molecule has 0 amide bonds. The molecule has 0 heterocycles. The van der Waals surface area contributed by atoms with Gasteiger partial charge in [-0.25, -0.2) is 0 Å². The molecule has 0 aliphatic carbocycles. The van der Waals surface area contributed by atoms with Crippen molar-refractivity contribution in [1.82, 2.24) is 0 Å². The van der Waals surface area contributed by atoms with Gasteiger partial charge in [-0.3, -0.25) is 4.79 Å². The third kappa shape index (κ3) is 1.69. The van der Waals surface area contributed by atoms with Crippen LogP contribution < -0.4 is 0 Å². The van der Waals surface area contributed by atoms with Gasteiger partial charge in [0.2, 0.25) is 6.29 Å². The molecule has 0 spiro atoms. The van der Waals surface area contributed by atoms with E-state index in [1.165, 1.54) is 6.07 Å². The summed E-state index contributed by atoms with van der Waals surface area (Å²) in [5.74, 6) is 0. The van der Waals surface area contributed by atoms with Crippen molar-refractivity contribution >= 4 is 52.7 Å². The van der Waals surface area contributed by atoms with Crippen molar-refractivity contribution in [1.29, 1.82) is 0 Å². The predicted octanol–water partition coefficient (Wildman–Crippen LogP) is 3.76. The topological polar surface area (TPSA) is 17.1 Å². The molecule has 0 aliphatic heterocycles. The van der Waals surface area contributed by atoms with E-state index in [9.17, 15) is 4.79 Å². The molecular weight excluding hydrogens is 242 g/mol. The third-order valence-corrected chi connectivity index (χ3v) is 2.79. The van der Waals surface area contributed by atoms with Crippen LogP contribution in [0.25, 0.3) is 0 Å². The fourth-order valence-electron chi connectivity index (χ4n) is 0.663. The van der Waals surface area contributed by atoms with Gasteiger partial charge < -0.3 is 0 Å². The summed E-state index contributed by atoms with van der Waals surface area (Å²) >= 11 is 22.5. The Kier molecular flexibility index (Phi) is 3.24. The molecular formula is C7HCl4O. The molecule has 1 rings (SSSR count). The normalized spacial score (nSPS) is 10.0. The van der Waals surface area contributed by atoms with Crippen LogP contribution in [0.5, 0.6) is 0 Å². The van der Waals surface area contributed by atoms with E-state index < -0.39 is 0 Å². The minimum Gasteiger partial charge on any atom is -0.285 e. The maximum Gasteiger partial charge on any atom is 0.236 e. The van der Waals surface area contributed by atoms with Crippen LogP contribution in [0.1, 0.15) is 5.56 Å². The first kappa shape index (κ1) is 10.1. The zero-order chi connectivity index (χ0) is 9.30. The molecule has 5 heteroatoms. The van der Waals surface area contributed by atoms with Crippen LogP contribution in [0, 0.1) is 0 Å². The monoisotopic (exact) mass is 241 g/mol. The SMILES string of the molecule is O=[C]c1c(Cl)c(Cl)cc(Cl)c1Cl. The highest BCUT2D eigenvalue weighted by molar-refractivity contribution is 6.49. The smallest absolute Gasteiger partial charge is 0.236 e. The second-order valence-corrected chi connectivity index (χ2v) is 3.52. The number of benzene rings is 1. The van der Waals surface area contributed by atoms with Gasteiger partial charge in [0, 0.05) is 0 Å². The lowest BCUT2D eigenvalue weighted by atomic mass is 10.2. The minimum atomic E-state index is -0.00386. The molecule has 0 saturated heterocycles. The maximum atomic E-state index is 10.3. The van der Waals surface area contributed by atoms with E-state index in [1.807, 2.05) is 0 Å². The number of rotatable bonds is 1. The molecule has 0 bridgehead atoms. The lowest BCUT2D eigenvalue weighted by Gasteiger charge is -2.02. The van der Waals surface area contributed by atoms with Crippen LogP contribution in [-0.2, 0) is 4.79 Å². The summed E-state index contributed by atoms with van der Waals surface area (Å²) in [4.78, 5) is 10.3. The van der Waals surface area contributed by atoms with Crippen molar-refractivity contribution in [3.63, 3.8) is 0 Å². The Bertz CT molecular complexity index is 308. The largest absolute Gasteiger partial charge is 0.285 e. The van der Waals surface area contributed by atoms with Gasteiger partial charge in [0.15, 0.2) is 0 Å². The molecule has 0 atom stereocenters. The van der Waals surface area contributed by atoms with Crippen LogP contribution in [0.2, 0.25) is 20.1 Å². The Hall–Kier alpha value is 0.0500. The van der Waals surface area contributed by atoms with Gasteiger partial charge in [0.1, 0.15) is 0 Å². The summed E-state index contributed by atoms with van der Waals surface area (Å²) in [5, 5.41) is 0.510. The predicted molar refractivity (Wildman–Crippen MR) is 51.3 cm³/mol. The Morgan fingerprint density at radius 2 is 1.42 bits per heavy atom. The molecule has 0 fully saturated rings. The zero-order valence-electron chi connectivity index (χ0n) is 5.50. The fourth-order valence-corrected chi connectivity index (χ4v) is 1.55. The van der Waals surface area contributed by atoms with Crippen LogP contribution >= 0.6 is 46.4 Å². The maximum absolute atomic E-state index is 10.3. The number of hydrogen-bond donors (Lipinski definition) is 0. The quantitative estimate of drug-likeness (QED) is 0.686. The third-order valence-electron chi connectivity index (χ3n) is 1.21. The number of carbonyl (C=O) groups excluding carboxylic acids is 1. The van der Waals surface area contributed by atoms with E-state index in [0.29, 0.717) is 0 Å². The van der Waals surface area contributed by atoms with Gasteiger partial charge in [-0.15, -0.1) is 0 Å². The molecule has 0 N–H and O–H groups in total. The minimum absolute atomic E-state index is 0.00386. The van der Waals surface area contributed by atoms with Crippen LogP contribution in [0.15, 0.2) is 6.07 Å². The van der Waals surface area contributed by atoms with Crippen molar-refractivity contribution in [2.45, 2.75) is 0 Å². The first-order chi connectivity index (χ1) is 5.57. The van der Waals surface area contributed by atoms with Crippen LogP contribution in [0.4, 0.5) is 0 Å². The van der Waals surface area contributed by atoms with Crippen molar-refractivity contribution in [3.05, 3.63) is 31.7 Å². The van der Waals surface area contributed by atoms with Crippen molar-refractivity contribution in [2.75, 3.05) is 0 Å². The highest BCUT2D eigenvalue weighted by atomic mass is 35.5. The number of halogens is 4. The van der Waals surface area contributed by atoms with E-state index in [1.54, 1.807) is 6.29 Å².